The molecule has 0 saturated carbocycles. The number of carbonyl (C=O) groups is 5. The molecule has 2 heterocycles. The smallest absolute Gasteiger partial charge is 0.262 e. The van der Waals surface area contributed by atoms with Crippen molar-refractivity contribution in [3.63, 3.8) is 0 Å². The van der Waals surface area contributed by atoms with Crippen LogP contribution in [-0.4, -0.2) is 45.4 Å². The van der Waals surface area contributed by atoms with Crippen LogP contribution < -0.4 is 5.32 Å². The Labute approximate surface area is 193 Å². The van der Waals surface area contributed by atoms with E-state index in [1.54, 1.807) is 24.3 Å². The summed E-state index contributed by atoms with van der Waals surface area (Å²) in [6, 6.07) is 8.16. The van der Waals surface area contributed by atoms with Gasteiger partial charge in [0.15, 0.2) is 0 Å². The van der Waals surface area contributed by atoms with Gasteiger partial charge in [-0.2, -0.15) is 0 Å². The third-order valence-corrected chi connectivity index (χ3v) is 6.16. The maximum atomic E-state index is 12.7. The highest BCUT2D eigenvalue weighted by Gasteiger charge is 2.41. The van der Waals surface area contributed by atoms with Crippen molar-refractivity contribution in [2.24, 2.45) is 0 Å². The SMILES string of the molecule is CC(C(=O)Nc1ccc(CN2C(=O)CCC2=O)cc1)N1C(=O)c2cc(Cl)c(Cl)cc2C1=O. The van der Waals surface area contributed by atoms with Gasteiger partial charge in [-0.05, 0) is 36.8 Å². The van der Waals surface area contributed by atoms with Crippen LogP contribution in [0.25, 0.3) is 0 Å². The second-order valence-electron chi connectivity index (χ2n) is 7.53. The van der Waals surface area contributed by atoms with Crippen LogP contribution in [0.3, 0.4) is 0 Å². The molecule has 0 spiro atoms. The molecule has 0 radical (unpaired) electrons. The number of hydrogen-bond donors (Lipinski definition) is 1. The number of imide groups is 2. The second kappa shape index (κ2) is 8.37. The van der Waals surface area contributed by atoms with Crippen LogP contribution in [0.4, 0.5) is 5.69 Å². The molecule has 1 fully saturated rings. The lowest BCUT2D eigenvalue weighted by Gasteiger charge is -2.21. The Kier molecular flexibility index (Phi) is 5.75. The van der Waals surface area contributed by atoms with E-state index < -0.39 is 23.8 Å². The summed E-state index contributed by atoms with van der Waals surface area (Å²) in [5.41, 5.74) is 1.36. The van der Waals surface area contributed by atoms with E-state index in [1.807, 2.05) is 0 Å². The fourth-order valence-corrected chi connectivity index (χ4v) is 3.97. The number of rotatable bonds is 5. The molecule has 2 aromatic rings. The first-order chi connectivity index (χ1) is 15.2. The van der Waals surface area contributed by atoms with E-state index >= 15 is 0 Å². The Hall–Kier alpha value is -3.23. The normalized spacial score (nSPS) is 16.6. The summed E-state index contributed by atoms with van der Waals surface area (Å²) < 4.78 is 0. The molecule has 164 valence electrons. The van der Waals surface area contributed by atoms with Crippen LogP contribution in [0, 0.1) is 0 Å². The lowest BCUT2D eigenvalue weighted by molar-refractivity contribution is -0.139. The predicted molar refractivity (Wildman–Crippen MR) is 116 cm³/mol. The third-order valence-electron chi connectivity index (χ3n) is 5.44. The number of halogens is 2. The Morgan fingerprint density at radius 3 is 1.94 bits per heavy atom. The van der Waals surface area contributed by atoms with E-state index in [0.29, 0.717) is 5.69 Å². The summed E-state index contributed by atoms with van der Waals surface area (Å²) in [6.45, 7) is 1.61. The number of amides is 5. The standard InChI is InChI=1S/C22H17Cl2N3O5/c1-11(27-21(31)14-8-16(23)17(24)9-15(14)22(27)32)20(30)25-13-4-2-12(3-5-13)10-26-18(28)6-7-19(26)29/h2-5,8-9,11H,6-7,10H2,1H3,(H,25,30). The average molecular weight is 474 g/mol. The largest absolute Gasteiger partial charge is 0.324 e. The lowest BCUT2D eigenvalue weighted by atomic mass is 10.1. The third kappa shape index (κ3) is 3.87. The van der Waals surface area contributed by atoms with Crippen molar-refractivity contribution < 1.29 is 24.0 Å². The summed E-state index contributed by atoms with van der Waals surface area (Å²) in [7, 11) is 0. The zero-order valence-corrected chi connectivity index (χ0v) is 18.4. The van der Waals surface area contributed by atoms with Crippen molar-refractivity contribution in [3.8, 4) is 0 Å². The van der Waals surface area contributed by atoms with Crippen LogP contribution >= 0.6 is 23.2 Å². The minimum Gasteiger partial charge on any atom is -0.324 e. The predicted octanol–water partition coefficient (Wildman–Crippen LogP) is 3.27. The highest BCUT2D eigenvalue weighted by molar-refractivity contribution is 6.43. The summed E-state index contributed by atoms with van der Waals surface area (Å²) in [4.78, 5) is 63.7. The summed E-state index contributed by atoms with van der Waals surface area (Å²) >= 11 is 11.9. The van der Waals surface area contributed by atoms with E-state index in [2.05, 4.69) is 5.32 Å². The molecule has 1 N–H and O–H groups in total. The van der Waals surface area contributed by atoms with E-state index in [-0.39, 0.29) is 52.4 Å². The molecule has 0 aromatic heterocycles. The maximum absolute atomic E-state index is 12.7. The van der Waals surface area contributed by atoms with Gasteiger partial charge in [0.1, 0.15) is 6.04 Å². The summed E-state index contributed by atoms with van der Waals surface area (Å²) in [6.07, 6.45) is 0.447. The Morgan fingerprint density at radius 2 is 1.44 bits per heavy atom. The molecule has 0 bridgehead atoms. The molecule has 2 aliphatic heterocycles. The molecule has 32 heavy (non-hydrogen) atoms. The van der Waals surface area contributed by atoms with Crippen molar-refractivity contribution in [2.45, 2.75) is 32.4 Å². The van der Waals surface area contributed by atoms with Gasteiger partial charge in [0, 0.05) is 18.5 Å². The number of likely N-dealkylation sites (tertiary alicyclic amines) is 1. The van der Waals surface area contributed by atoms with E-state index in [4.69, 9.17) is 23.2 Å². The van der Waals surface area contributed by atoms with Gasteiger partial charge in [-0.1, -0.05) is 35.3 Å². The van der Waals surface area contributed by atoms with E-state index in [9.17, 15) is 24.0 Å². The molecule has 1 atom stereocenters. The number of carbonyl (C=O) groups excluding carboxylic acids is 5. The van der Waals surface area contributed by atoms with Crippen molar-refractivity contribution in [1.29, 1.82) is 0 Å². The Balaban J connectivity index is 1.44. The molecular weight excluding hydrogens is 457 g/mol. The van der Waals surface area contributed by atoms with E-state index in [0.717, 1.165) is 10.5 Å². The monoisotopic (exact) mass is 473 g/mol. The van der Waals surface area contributed by atoms with Gasteiger partial charge in [-0.3, -0.25) is 33.8 Å². The van der Waals surface area contributed by atoms with Crippen LogP contribution in [0.15, 0.2) is 36.4 Å². The second-order valence-corrected chi connectivity index (χ2v) is 8.34. The fourth-order valence-electron chi connectivity index (χ4n) is 3.64. The fraction of sp³-hybridized carbons (Fsp3) is 0.227. The molecule has 8 nitrogen and oxygen atoms in total. The minimum absolute atomic E-state index is 0.0967. The first-order valence-electron chi connectivity index (χ1n) is 9.77. The lowest BCUT2D eigenvalue weighted by Crippen LogP contribution is -2.45. The van der Waals surface area contributed by atoms with Crippen molar-refractivity contribution in [2.75, 3.05) is 5.32 Å². The van der Waals surface area contributed by atoms with Gasteiger partial charge in [-0.25, -0.2) is 0 Å². The van der Waals surface area contributed by atoms with Crippen LogP contribution in [0.2, 0.25) is 10.0 Å². The molecule has 1 saturated heterocycles. The van der Waals surface area contributed by atoms with Gasteiger partial charge in [0.05, 0.1) is 27.7 Å². The van der Waals surface area contributed by atoms with E-state index in [1.165, 1.54) is 24.0 Å². The number of anilines is 1. The number of fused-ring (bicyclic) bond motifs is 1. The molecule has 10 heteroatoms. The van der Waals surface area contributed by atoms with Crippen LogP contribution in [-0.2, 0) is 20.9 Å². The molecule has 4 rings (SSSR count). The summed E-state index contributed by atoms with van der Waals surface area (Å²) in [5.74, 6) is -2.22. The summed E-state index contributed by atoms with van der Waals surface area (Å²) in [5, 5.41) is 2.95. The maximum Gasteiger partial charge on any atom is 0.262 e. The highest BCUT2D eigenvalue weighted by Crippen LogP contribution is 2.32. The van der Waals surface area contributed by atoms with Gasteiger partial charge < -0.3 is 5.32 Å². The molecule has 2 aliphatic rings. The first-order valence-corrected chi connectivity index (χ1v) is 10.5. The van der Waals surface area contributed by atoms with Gasteiger partial charge in [0.25, 0.3) is 11.8 Å². The minimum atomic E-state index is -1.08. The number of benzene rings is 2. The zero-order valence-electron chi connectivity index (χ0n) is 16.9. The van der Waals surface area contributed by atoms with Crippen molar-refractivity contribution in [1.82, 2.24) is 9.80 Å². The Morgan fingerprint density at radius 1 is 0.938 bits per heavy atom. The van der Waals surface area contributed by atoms with Gasteiger partial charge >= 0.3 is 0 Å². The molecular formula is C22H17Cl2N3O5. The van der Waals surface area contributed by atoms with Crippen LogP contribution in [0.5, 0.6) is 0 Å². The number of hydrogen-bond acceptors (Lipinski definition) is 5. The average Bonchev–Trinajstić information content (AvgIpc) is 3.19. The first kappa shape index (κ1) is 22.0. The topological polar surface area (TPSA) is 104 Å². The van der Waals surface area contributed by atoms with Crippen molar-refractivity contribution in [3.05, 3.63) is 63.1 Å². The number of nitrogens with zero attached hydrogens (tertiary/aromatic N) is 2. The van der Waals surface area contributed by atoms with Crippen LogP contribution in [0.1, 0.15) is 46.0 Å². The molecule has 5 amide bonds. The molecule has 0 aliphatic carbocycles. The molecule has 2 aromatic carbocycles. The van der Waals surface area contributed by atoms with Crippen molar-refractivity contribution >= 4 is 58.4 Å². The highest BCUT2D eigenvalue weighted by atomic mass is 35.5. The zero-order chi connectivity index (χ0) is 23.2. The number of nitrogens with one attached hydrogen (secondary N) is 1. The Bertz CT molecular complexity index is 1120. The van der Waals surface area contributed by atoms with Gasteiger partial charge in [-0.15, -0.1) is 0 Å². The molecule has 1 unspecified atom stereocenters. The quantitative estimate of drug-likeness (QED) is 0.671. The van der Waals surface area contributed by atoms with Gasteiger partial charge in [0.2, 0.25) is 17.7 Å².